The second-order valence-electron chi connectivity index (χ2n) is 4.99. The van der Waals surface area contributed by atoms with Gasteiger partial charge in [0, 0.05) is 17.7 Å². The maximum atomic E-state index is 5.43. The number of H-pyrrole nitrogens is 1. The molecule has 1 aromatic carbocycles. The first-order valence-electron chi connectivity index (χ1n) is 5.96. The highest BCUT2D eigenvalue weighted by Gasteiger charge is 2.41. The fourth-order valence-corrected chi connectivity index (χ4v) is 2.80. The number of aromatic amines is 1. The molecule has 1 fully saturated rings. The fourth-order valence-electron chi connectivity index (χ4n) is 2.37. The van der Waals surface area contributed by atoms with Crippen molar-refractivity contribution in [2.45, 2.75) is 25.3 Å². The topological polar surface area (TPSA) is 39.2 Å². The van der Waals surface area contributed by atoms with Gasteiger partial charge in [0.15, 0.2) is 16.3 Å². The normalized spacial score (nSPS) is 16.8. The van der Waals surface area contributed by atoms with Gasteiger partial charge < -0.3 is 19.0 Å². The van der Waals surface area contributed by atoms with Gasteiger partial charge in [0.25, 0.3) is 0 Å². The van der Waals surface area contributed by atoms with Gasteiger partial charge in [-0.05, 0) is 32.0 Å². The average Bonchev–Trinajstić information content (AvgIpc) is 3.00. The summed E-state index contributed by atoms with van der Waals surface area (Å²) in [5, 5.41) is 0. The van der Waals surface area contributed by atoms with Crippen molar-refractivity contribution in [3.8, 4) is 11.5 Å². The van der Waals surface area contributed by atoms with Gasteiger partial charge in [-0.25, -0.2) is 0 Å². The van der Waals surface area contributed by atoms with Gasteiger partial charge in [-0.3, -0.25) is 0 Å². The summed E-state index contributed by atoms with van der Waals surface area (Å²) >= 11 is 5.43. The lowest BCUT2D eigenvalue weighted by Crippen LogP contribution is -2.11. The van der Waals surface area contributed by atoms with Crippen molar-refractivity contribution < 1.29 is 9.47 Å². The summed E-state index contributed by atoms with van der Waals surface area (Å²) in [7, 11) is 3.28. The quantitative estimate of drug-likeness (QED) is 0.865. The first-order valence-corrected chi connectivity index (χ1v) is 6.37. The minimum Gasteiger partial charge on any atom is -0.493 e. The van der Waals surface area contributed by atoms with Crippen LogP contribution in [0.15, 0.2) is 12.1 Å². The highest BCUT2D eigenvalue weighted by atomic mass is 32.1. The number of ether oxygens (including phenoxy) is 2. The van der Waals surface area contributed by atoms with Gasteiger partial charge in [-0.15, -0.1) is 0 Å². The van der Waals surface area contributed by atoms with E-state index in [9.17, 15) is 0 Å². The van der Waals surface area contributed by atoms with E-state index in [1.54, 1.807) is 14.2 Å². The number of methoxy groups -OCH3 is 2. The second kappa shape index (κ2) is 3.75. The van der Waals surface area contributed by atoms with E-state index in [1.165, 1.54) is 12.8 Å². The molecule has 0 aliphatic heterocycles. The van der Waals surface area contributed by atoms with Gasteiger partial charge in [0.1, 0.15) is 0 Å². The third kappa shape index (κ3) is 1.54. The summed E-state index contributed by atoms with van der Waals surface area (Å²) in [5.74, 6) is 1.45. The van der Waals surface area contributed by atoms with Gasteiger partial charge >= 0.3 is 0 Å². The number of nitrogens with zero attached hydrogens (tertiary/aromatic N) is 1. The van der Waals surface area contributed by atoms with E-state index in [0.29, 0.717) is 5.75 Å². The maximum absolute atomic E-state index is 5.43. The highest BCUT2D eigenvalue weighted by Crippen LogP contribution is 2.46. The number of hydrogen-bond acceptors (Lipinski definition) is 3. The van der Waals surface area contributed by atoms with Crippen LogP contribution in [0.4, 0.5) is 0 Å². The lowest BCUT2D eigenvalue weighted by molar-refractivity contribution is 0.355. The molecule has 2 aromatic rings. The molecule has 0 spiro atoms. The minimum atomic E-state index is 0.162. The Morgan fingerprint density at radius 1 is 1.22 bits per heavy atom. The molecule has 0 saturated heterocycles. The van der Waals surface area contributed by atoms with Crippen LogP contribution in [-0.4, -0.2) is 23.8 Å². The molecule has 1 N–H and O–H groups in total. The number of aromatic nitrogens is 2. The third-order valence-corrected chi connectivity index (χ3v) is 3.99. The highest BCUT2D eigenvalue weighted by molar-refractivity contribution is 7.71. The Labute approximate surface area is 111 Å². The van der Waals surface area contributed by atoms with Crippen LogP contribution in [0.3, 0.4) is 0 Å². The largest absolute Gasteiger partial charge is 0.493 e. The Balaban J connectivity index is 2.32. The zero-order chi connectivity index (χ0) is 12.9. The van der Waals surface area contributed by atoms with E-state index in [-0.39, 0.29) is 5.54 Å². The Morgan fingerprint density at radius 2 is 1.83 bits per heavy atom. The van der Waals surface area contributed by atoms with Gasteiger partial charge in [-0.1, -0.05) is 0 Å². The molecular formula is C13H16N2O2S. The SMILES string of the molecule is COc1cc2[nH]c(=S)n(C3(C)CC3)c2cc1OC. The van der Waals surface area contributed by atoms with E-state index >= 15 is 0 Å². The summed E-state index contributed by atoms with van der Waals surface area (Å²) in [4.78, 5) is 3.24. The molecule has 1 saturated carbocycles. The standard InChI is InChI=1S/C13H16N2O2S/c1-13(4-5-13)15-9-7-11(17-3)10(16-2)6-8(9)14-12(15)18/h6-7H,4-5H2,1-3H3,(H,14,18). The van der Waals surface area contributed by atoms with Crippen LogP contribution in [0.2, 0.25) is 0 Å². The first-order chi connectivity index (χ1) is 8.59. The Morgan fingerprint density at radius 3 is 2.39 bits per heavy atom. The molecule has 1 aromatic heterocycles. The van der Waals surface area contributed by atoms with E-state index in [4.69, 9.17) is 21.7 Å². The number of benzene rings is 1. The van der Waals surface area contributed by atoms with E-state index in [1.807, 2.05) is 12.1 Å². The second-order valence-corrected chi connectivity index (χ2v) is 5.37. The predicted octanol–water partition coefficient (Wildman–Crippen LogP) is 3.23. The van der Waals surface area contributed by atoms with Gasteiger partial charge in [0.2, 0.25) is 0 Å². The molecule has 4 nitrogen and oxygen atoms in total. The van der Waals surface area contributed by atoms with Crippen LogP contribution in [0, 0.1) is 4.77 Å². The molecule has 1 aliphatic rings. The Bertz CT molecular complexity index is 667. The lowest BCUT2D eigenvalue weighted by Gasteiger charge is -2.13. The van der Waals surface area contributed by atoms with Crippen molar-refractivity contribution in [3.63, 3.8) is 0 Å². The monoisotopic (exact) mass is 264 g/mol. The molecular weight excluding hydrogens is 248 g/mol. The first kappa shape index (κ1) is 11.6. The van der Waals surface area contributed by atoms with Gasteiger partial charge in [-0.2, -0.15) is 0 Å². The van der Waals surface area contributed by atoms with Crippen molar-refractivity contribution in [2.75, 3.05) is 14.2 Å². The molecule has 0 amide bonds. The molecule has 3 rings (SSSR count). The van der Waals surface area contributed by atoms with Crippen LogP contribution >= 0.6 is 12.2 Å². The molecule has 5 heteroatoms. The summed E-state index contributed by atoms with van der Waals surface area (Å²) in [6.45, 7) is 2.23. The molecule has 0 atom stereocenters. The van der Waals surface area contributed by atoms with Crippen LogP contribution < -0.4 is 9.47 Å². The Hall–Kier alpha value is -1.49. The van der Waals surface area contributed by atoms with Crippen LogP contribution in [0.5, 0.6) is 11.5 Å². The van der Waals surface area contributed by atoms with Crippen molar-refractivity contribution in [2.24, 2.45) is 0 Å². The van der Waals surface area contributed by atoms with Crippen LogP contribution in [0.1, 0.15) is 19.8 Å². The molecule has 0 bridgehead atoms. The molecule has 18 heavy (non-hydrogen) atoms. The third-order valence-electron chi connectivity index (χ3n) is 3.70. The van der Waals surface area contributed by atoms with Crippen LogP contribution in [0.25, 0.3) is 11.0 Å². The zero-order valence-electron chi connectivity index (χ0n) is 10.7. The zero-order valence-corrected chi connectivity index (χ0v) is 11.6. The minimum absolute atomic E-state index is 0.162. The number of hydrogen-bond donors (Lipinski definition) is 1. The van der Waals surface area contributed by atoms with E-state index < -0.39 is 0 Å². The molecule has 0 unspecified atom stereocenters. The molecule has 0 radical (unpaired) electrons. The van der Waals surface area contributed by atoms with Crippen molar-refractivity contribution in [1.82, 2.24) is 9.55 Å². The summed E-state index contributed by atoms with van der Waals surface area (Å²) in [5.41, 5.74) is 2.23. The number of rotatable bonds is 3. The van der Waals surface area contributed by atoms with Gasteiger partial charge in [0.05, 0.1) is 25.3 Å². The average molecular weight is 264 g/mol. The van der Waals surface area contributed by atoms with E-state index in [2.05, 4.69) is 16.5 Å². The summed E-state index contributed by atoms with van der Waals surface area (Å²) in [6.07, 6.45) is 2.34. The maximum Gasteiger partial charge on any atom is 0.178 e. The van der Waals surface area contributed by atoms with Crippen molar-refractivity contribution in [1.29, 1.82) is 0 Å². The Kier molecular flexibility index (Phi) is 2.41. The molecule has 1 heterocycles. The van der Waals surface area contributed by atoms with Crippen molar-refractivity contribution in [3.05, 3.63) is 16.9 Å². The smallest absolute Gasteiger partial charge is 0.178 e. The van der Waals surface area contributed by atoms with Crippen molar-refractivity contribution >= 4 is 23.3 Å². The molecule has 1 aliphatic carbocycles. The molecule has 96 valence electrons. The summed E-state index contributed by atoms with van der Waals surface area (Å²) < 4.78 is 13.6. The van der Waals surface area contributed by atoms with E-state index in [0.717, 1.165) is 21.6 Å². The summed E-state index contributed by atoms with van der Waals surface area (Å²) in [6, 6.07) is 3.93. The fraction of sp³-hybridized carbons (Fsp3) is 0.462. The number of imidazole rings is 1. The predicted molar refractivity (Wildman–Crippen MR) is 73.1 cm³/mol. The lowest BCUT2D eigenvalue weighted by atomic mass is 10.2. The number of fused-ring (bicyclic) bond motifs is 1. The van der Waals surface area contributed by atoms with Crippen LogP contribution in [-0.2, 0) is 5.54 Å². The number of nitrogens with one attached hydrogen (secondary N) is 1.